The van der Waals surface area contributed by atoms with Crippen LogP contribution < -0.4 is 0 Å². The summed E-state index contributed by atoms with van der Waals surface area (Å²) in [7, 11) is 0. The van der Waals surface area contributed by atoms with E-state index in [1.165, 1.54) is 96.3 Å². The second-order valence-electron chi connectivity index (χ2n) is 11.2. The van der Waals surface area contributed by atoms with E-state index >= 15 is 0 Å². The average molecular weight is 616 g/mol. The summed E-state index contributed by atoms with van der Waals surface area (Å²) in [6.07, 6.45) is 22.1. The second kappa shape index (κ2) is 30.4. The summed E-state index contributed by atoms with van der Waals surface area (Å²) in [5, 5.41) is 0.535. The maximum absolute atomic E-state index is 11.6. The average Bonchev–Trinajstić information content (AvgIpc) is 3.32. The SMILES string of the molecule is CCCCCCCCCCCCCCCCCCOCCOCCOCCOCCOCCC(=O)ON1C(=O)CCC1=O. The van der Waals surface area contributed by atoms with Gasteiger partial charge in [-0.2, -0.15) is 0 Å². The molecule has 1 saturated heterocycles. The van der Waals surface area contributed by atoms with E-state index in [2.05, 4.69) is 6.92 Å². The summed E-state index contributed by atoms with van der Waals surface area (Å²) < 4.78 is 27.3. The van der Waals surface area contributed by atoms with E-state index in [0.29, 0.717) is 57.9 Å². The van der Waals surface area contributed by atoms with Crippen LogP contribution in [0.25, 0.3) is 0 Å². The third kappa shape index (κ3) is 25.4. The first-order valence-electron chi connectivity index (χ1n) is 17.1. The number of ether oxygens (including phenoxy) is 5. The molecular weight excluding hydrogens is 554 g/mol. The molecule has 1 aliphatic heterocycles. The van der Waals surface area contributed by atoms with Crippen LogP contribution in [0, 0.1) is 0 Å². The Labute approximate surface area is 260 Å². The first-order chi connectivity index (χ1) is 21.1. The zero-order valence-corrected chi connectivity index (χ0v) is 27.1. The molecule has 0 bridgehead atoms. The molecule has 0 radical (unpaired) electrons. The van der Waals surface area contributed by atoms with Crippen molar-refractivity contribution in [3.05, 3.63) is 0 Å². The summed E-state index contributed by atoms with van der Waals surface area (Å²) in [5.74, 6) is -1.67. The summed E-state index contributed by atoms with van der Waals surface area (Å²) >= 11 is 0. The molecule has 10 heteroatoms. The van der Waals surface area contributed by atoms with Crippen molar-refractivity contribution in [3.8, 4) is 0 Å². The largest absolute Gasteiger partial charge is 0.379 e. The van der Waals surface area contributed by atoms with Gasteiger partial charge in [0.05, 0.1) is 65.9 Å². The third-order valence-corrected chi connectivity index (χ3v) is 7.28. The summed E-state index contributed by atoms with van der Waals surface area (Å²) in [6.45, 7) is 7.02. The molecule has 0 aromatic rings. The number of unbranched alkanes of at least 4 members (excludes halogenated alkanes) is 15. The van der Waals surface area contributed by atoms with Gasteiger partial charge in [-0.15, -0.1) is 5.06 Å². The van der Waals surface area contributed by atoms with E-state index in [1.54, 1.807) is 0 Å². The van der Waals surface area contributed by atoms with Gasteiger partial charge in [0, 0.05) is 19.4 Å². The minimum atomic E-state index is -0.679. The summed E-state index contributed by atoms with van der Waals surface area (Å²) in [5.41, 5.74) is 0. The molecule has 1 rings (SSSR count). The number of rotatable bonds is 33. The number of imide groups is 1. The highest BCUT2D eigenvalue weighted by Gasteiger charge is 2.32. The van der Waals surface area contributed by atoms with Crippen LogP contribution >= 0.6 is 0 Å². The van der Waals surface area contributed by atoms with E-state index in [9.17, 15) is 14.4 Å². The molecule has 0 unspecified atom stereocenters. The molecular formula is C33H61NO9. The molecule has 1 heterocycles. The lowest BCUT2D eigenvalue weighted by Gasteiger charge is -2.12. The fourth-order valence-electron chi connectivity index (χ4n) is 4.69. The van der Waals surface area contributed by atoms with Gasteiger partial charge in [0.15, 0.2) is 0 Å². The Balaban J connectivity index is 1.66. The van der Waals surface area contributed by atoms with Crippen LogP contribution in [-0.2, 0) is 42.9 Å². The van der Waals surface area contributed by atoms with Crippen LogP contribution in [0.2, 0.25) is 0 Å². The van der Waals surface area contributed by atoms with Crippen LogP contribution in [0.3, 0.4) is 0 Å². The zero-order chi connectivity index (χ0) is 31.1. The minimum Gasteiger partial charge on any atom is -0.379 e. The van der Waals surface area contributed by atoms with Gasteiger partial charge in [-0.25, -0.2) is 4.79 Å². The number of amides is 2. The van der Waals surface area contributed by atoms with Gasteiger partial charge in [0.2, 0.25) is 0 Å². The van der Waals surface area contributed by atoms with Crippen LogP contribution in [0.4, 0.5) is 0 Å². The highest BCUT2D eigenvalue weighted by atomic mass is 16.7. The van der Waals surface area contributed by atoms with Gasteiger partial charge in [-0.05, 0) is 6.42 Å². The topological polar surface area (TPSA) is 110 Å². The summed E-state index contributed by atoms with van der Waals surface area (Å²) in [4.78, 5) is 39.2. The van der Waals surface area contributed by atoms with E-state index in [1.807, 2.05) is 0 Å². The van der Waals surface area contributed by atoms with Crippen LogP contribution in [0.15, 0.2) is 0 Å². The number of hydroxylamine groups is 2. The van der Waals surface area contributed by atoms with Gasteiger partial charge in [0.1, 0.15) is 0 Å². The Morgan fingerprint density at radius 3 is 1.21 bits per heavy atom. The molecule has 0 aliphatic carbocycles. The molecule has 1 fully saturated rings. The van der Waals surface area contributed by atoms with E-state index < -0.39 is 17.8 Å². The lowest BCUT2D eigenvalue weighted by atomic mass is 10.0. The van der Waals surface area contributed by atoms with Crippen molar-refractivity contribution in [1.82, 2.24) is 5.06 Å². The van der Waals surface area contributed by atoms with E-state index in [4.69, 9.17) is 28.5 Å². The molecule has 0 N–H and O–H groups in total. The molecule has 0 atom stereocenters. The van der Waals surface area contributed by atoms with Crippen LogP contribution in [0.5, 0.6) is 0 Å². The molecule has 252 valence electrons. The molecule has 0 spiro atoms. The molecule has 2 amide bonds. The third-order valence-electron chi connectivity index (χ3n) is 7.28. The quantitative estimate of drug-likeness (QED) is 0.0618. The van der Waals surface area contributed by atoms with Gasteiger partial charge in [0.25, 0.3) is 11.8 Å². The first-order valence-corrected chi connectivity index (χ1v) is 17.1. The Hall–Kier alpha value is -1.59. The fourth-order valence-corrected chi connectivity index (χ4v) is 4.69. The van der Waals surface area contributed by atoms with Crippen molar-refractivity contribution in [2.24, 2.45) is 0 Å². The monoisotopic (exact) mass is 615 g/mol. The van der Waals surface area contributed by atoms with Gasteiger partial charge in [-0.3, -0.25) is 9.59 Å². The number of hydrogen-bond donors (Lipinski definition) is 0. The van der Waals surface area contributed by atoms with Gasteiger partial charge in [-0.1, -0.05) is 103 Å². The summed E-state index contributed by atoms with van der Waals surface area (Å²) in [6, 6.07) is 0. The number of carbonyl (C=O) groups is 3. The second-order valence-corrected chi connectivity index (χ2v) is 11.2. The van der Waals surface area contributed by atoms with Crippen molar-refractivity contribution in [2.75, 3.05) is 66.1 Å². The maximum atomic E-state index is 11.6. The van der Waals surface area contributed by atoms with Crippen molar-refractivity contribution in [1.29, 1.82) is 0 Å². The molecule has 10 nitrogen and oxygen atoms in total. The van der Waals surface area contributed by atoms with Crippen molar-refractivity contribution >= 4 is 17.8 Å². The van der Waals surface area contributed by atoms with Crippen molar-refractivity contribution in [3.63, 3.8) is 0 Å². The van der Waals surface area contributed by atoms with Crippen molar-refractivity contribution < 1.29 is 42.9 Å². The number of carbonyl (C=O) groups excluding carboxylic acids is 3. The molecule has 1 aliphatic rings. The maximum Gasteiger partial charge on any atom is 0.335 e. The van der Waals surface area contributed by atoms with Crippen LogP contribution in [-0.4, -0.2) is 88.9 Å². The smallest absolute Gasteiger partial charge is 0.335 e. The minimum absolute atomic E-state index is 0.0508. The lowest BCUT2D eigenvalue weighted by Crippen LogP contribution is -2.32. The predicted octanol–water partition coefficient (Wildman–Crippen LogP) is 6.33. The van der Waals surface area contributed by atoms with E-state index in [-0.39, 0.29) is 25.9 Å². The molecule has 0 aromatic carbocycles. The number of nitrogens with zero attached hydrogens (tertiary/aromatic N) is 1. The normalized spacial score (nSPS) is 13.4. The van der Waals surface area contributed by atoms with Crippen molar-refractivity contribution in [2.45, 2.75) is 129 Å². The van der Waals surface area contributed by atoms with Gasteiger partial charge < -0.3 is 28.5 Å². The Bertz CT molecular complexity index is 661. The zero-order valence-electron chi connectivity index (χ0n) is 27.1. The standard InChI is InChI=1S/C33H61NO9/c1-2-3-4-5-6-7-8-9-10-11-12-13-14-15-16-17-21-38-23-25-40-27-29-42-30-28-41-26-24-39-22-20-33(37)43-34-31(35)18-19-32(34)36/h2-30H2,1H3. The highest BCUT2D eigenvalue weighted by Crippen LogP contribution is 2.14. The fraction of sp³-hybridized carbons (Fsp3) is 0.909. The number of hydrogen-bond acceptors (Lipinski definition) is 9. The molecule has 0 aromatic heterocycles. The highest BCUT2D eigenvalue weighted by molar-refractivity contribution is 6.01. The predicted molar refractivity (Wildman–Crippen MR) is 165 cm³/mol. The van der Waals surface area contributed by atoms with E-state index in [0.717, 1.165) is 13.0 Å². The Morgan fingerprint density at radius 1 is 0.488 bits per heavy atom. The lowest BCUT2D eigenvalue weighted by molar-refractivity contribution is -0.198. The Kier molecular flexibility index (Phi) is 27.9. The molecule has 0 saturated carbocycles. The van der Waals surface area contributed by atoms with Crippen LogP contribution in [0.1, 0.15) is 129 Å². The molecule has 43 heavy (non-hydrogen) atoms. The Morgan fingerprint density at radius 2 is 0.814 bits per heavy atom. The first kappa shape index (κ1) is 39.4. The van der Waals surface area contributed by atoms with Gasteiger partial charge >= 0.3 is 5.97 Å².